The van der Waals surface area contributed by atoms with Crippen molar-refractivity contribution in [3.8, 4) is 0 Å². The summed E-state index contributed by atoms with van der Waals surface area (Å²) < 4.78 is 5.27. The first-order valence-electron chi connectivity index (χ1n) is 4.27. The highest BCUT2D eigenvalue weighted by Gasteiger charge is 2.40. The summed E-state index contributed by atoms with van der Waals surface area (Å²) in [5, 5.41) is 28.0. The summed E-state index contributed by atoms with van der Waals surface area (Å²) in [5.41, 5.74) is 0. The van der Waals surface area contributed by atoms with E-state index < -0.39 is 24.4 Å². The number of aliphatic hydroxyl groups is 3. The third kappa shape index (κ3) is 1.61. The van der Waals surface area contributed by atoms with Crippen molar-refractivity contribution in [2.45, 2.75) is 50.8 Å². The maximum atomic E-state index is 9.39. The van der Waals surface area contributed by atoms with Gasteiger partial charge in [-0.25, -0.2) is 0 Å². The molecule has 5 atom stereocenters. The Balaban J connectivity index is 2.63. The molecule has 0 radical (unpaired) electrons. The van der Waals surface area contributed by atoms with Crippen LogP contribution in [0.15, 0.2) is 0 Å². The number of hydrogen-bond donors (Lipinski definition) is 3. The molecule has 1 fully saturated rings. The Morgan fingerprint density at radius 3 is 2.17 bits per heavy atom. The summed E-state index contributed by atoms with van der Waals surface area (Å²) in [6, 6.07) is 0. The minimum Gasteiger partial charge on any atom is -0.388 e. The second-order valence-electron chi connectivity index (χ2n) is 3.26. The van der Waals surface area contributed by atoms with Gasteiger partial charge in [-0.2, -0.15) is 0 Å². The summed E-state index contributed by atoms with van der Waals surface area (Å²) in [6.45, 7) is 3.55. The lowest BCUT2D eigenvalue weighted by Gasteiger charge is -2.39. The highest BCUT2D eigenvalue weighted by molar-refractivity contribution is 4.89. The fourth-order valence-electron chi connectivity index (χ4n) is 1.47. The Labute approximate surface area is 71.8 Å². The Morgan fingerprint density at radius 1 is 1.08 bits per heavy atom. The molecule has 1 saturated heterocycles. The Kier molecular flexibility index (Phi) is 3.06. The first-order chi connectivity index (χ1) is 5.57. The minimum absolute atomic E-state index is 0.363. The minimum atomic E-state index is -1.08. The fourth-order valence-corrected chi connectivity index (χ4v) is 1.47. The largest absolute Gasteiger partial charge is 0.388 e. The van der Waals surface area contributed by atoms with Crippen LogP contribution in [0.4, 0.5) is 0 Å². The molecule has 4 heteroatoms. The van der Waals surface area contributed by atoms with Gasteiger partial charge >= 0.3 is 0 Å². The van der Waals surface area contributed by atoms with Crippen LogP contribution in [-0.4, -0.2) is 45.8 Å². The third-order valence-electron chi connectivity index (χ3n) is 2.35. The Hall–Kier alpha value is -0.160. The lowest BCUT2D eigenvalue weighted by atomic mass is 9.94. The van der Waals surface area contributed by atoms with E-state index in [2.05, 4.69) is 0 Å². The molecule has 1 aliphatic rings. The standard InChI is InChI=1S/C8H16O4/c1-3-5-7(10)8(11)6(9)4(2)12-5/h4-11H,3H2,1-2H3/t4?,5?,6-,7?,8?/m0/s1. The van der Waals surface area contributed by atoms with Crippen LogP contribution in [0.5, 0.6) is 0 Å². The lowest BCUT2D eigenvalue weighted by Crippen LogP contribution is -2.56. The lowest BCUT2D eigenvalue weighted by molar-refractivity contribution is -0.217. The number of hydrogen-bond acceptors (Lipinski definition) is 4. The van der Waals surface area contributed by atoms with Crippen LogP contribution in [0.25, 0.3) is 0 Å². The first-order valence-corrected chi connectivity index (χ1v) is 4.27. The van der Waals surface area contributed by atoms with Crippen LogP contribution < -0.4 is 0 Å². The van der Waals surface area contributed by atoms with E-state index in [1.807, 2.05) is 6.92 Å². The van der Waals surface area contributed by atoms with Crippen LogP contribution in [-0.2, 0) is 4.74 Å². The van der Waals surface area contributed by atoms with E-state index in [-0.39, 0.29) is 6.10 Å². The van der Waals surface area contributed by atoms with Gasteiger partial charge in [-0.1, -0.05) is 6.92 Å². The molecule has 0 aromatic heterocycles. The molecule has 1 aliphatic heterocycles. The smallest absolute Gasteiger partial charge is 0.111 e. The van der Waals surface area contributed by atoms with Crippen molar-refractivity contribution >= 4 is 0 Å². The van der Waals surface area contributed by atoms with Gasteiger partial charge in [0.05, 0.1) is 12.2 Å². The zero-order valence-corrected chi connectivity index (χ0v) is 7.34. The second-order valence-corrected chi connectivity index (χ2v) is 3.26. The SMILES string of the molecule is CCC1OC(C)[C@H](O)C(O)C1O. The molecule has 0 aromatic carbocycles. The zero-order valence-electron chi connectivity index (χ0n) is 7.34. The molecule has 1 heterocycles. The van der Waals surface area contributed by atoms with Gasteiger partial charge in [-0.3, -0.25) is 0 Å². The summed E-state index contributed by atoms with van der Waals surface area (Å²) >= 11 is 0. The van der Waals surface area contributed by atoms with Crippen molar-refractivity contribution in [2.75, 3.05) is 0 Å². The topological polar surface area (TPSA) is 69.9 Å². The molecule has 0 saturated carbocycles. The van der Waals surface area contributed by atoms with Gasteiger partial charge in [0.25, 0.3) is 0 Å². The Morgan fingerprint density at radius 2 is 1.67 bits per heavy atom. The second kappa shape index (κ2) is 3.70. The van der Waals surface area contributed by atoms with Crippen molar-refractivity contribution in [3.05, 3.63) is 0 Å². The molecule has 3 N–H and O–H groups in total. The van der Waals surface area contributed by atoms with Crippen molar-refractivity contribution in [3.63, 3.8) is 0 Å². The van der Waals surface area contributed by atoms with Gasteiger partial charge in [-0.05, 0) is 13.3 Å². The molecule has 0 aromatic rings. The van der Waals surface area contributed by atoms with Gasteiger partial charge in [0.2, 0.25) is 0 Å². The number of aliphatic hydroxyl groups excluding tert-OH is 3. The van der Waals surface area contributed by atoms with Gasteiger partial charge in [0.1, 0.15) is 18.3 Å². The maximum Gasteiger partial charge on any atom is 0.111 e. The molecular weight excluding hydrogens is 160 g/mol. The predicted octanol–water partition coefficient (Wildman–Crippen LogP) is -0.734. The molecule has 0 spiro atoms. The normalized spacial score (nSPS) is 49.2. The van der Waals surface area contributed by atoms with Crippen molar-refractivity contribution < 1.29 is 20.1 Å². The molecule has 12 heavy (non-hydrogen) atoms. The highest BCUT2D eigenvalue weighted by atomic mass is 16.5. The van der Waals surface area contributed by atoms with Crippen molar-refractivity contribution in [2.24, 2.45) is 0 Å². The van der Waals surface area contributed by atoms with E-state index in [1.54, 1.807) is 6.92 Å². The molecule has 72 valence electrons. The molecule has 4 nitrogen and oxygen atoms in total. The monoisotopic (exact) mass is 176 g/mol. The molecule has 0 bridgehead atoms. The van der Waals surface area contributed by atoms with Gasteiger partial charge in [-0.15, -0.1) is 0 Å². The average molecular weight is 176 g/mol. The highest BCUT2D eigenvalue weighted by Crippen LogP contribution is 2.22. The maximum absolute atomic E-state index is 9.39. The quantitative estimate of drug-likeness (QED) is 0.492. The van der Waals surface area contributed by atoms with Crippen molar-refractivity contribution in [1.29, 1.82) is 0 Å². The van der Waals surface area contributed by atoms with Gasteiger partial charge < -0.3 is 20.1 Å². The third-order valence-corrected chi connectivity index (χ3v) is 2.35. The van der Waals surface area contributed by atoms with Gasteiger partial charge in [0, 0.05) is 0 Å². The van der Waals surface area contributed by atoms with Crippen LogP contribution in [0.1, 0.15) is 20.3 Å². The molecular formula is C8H16O4. The molecule has 0 amide bonds. The van der Waals surface area contributed by atoms with E-state index in [0.29, 0.717) is 6.42 Å². The van der Waals surface area contributed by atoms with E-state index in [0.717, 1.165) is 0 Å². The predicted molar refractivity (Wildman–Crippen MR) is 42.6 cm³/mol. The summed E-state index contributed by atoms with van der Waals surface area (Å²) in [5.74, 6) is 0. The molecule has 4 unspecified atom stereocenters. The van der Waals surface area contributed by atoms with Crippen LogP contribution in [0, 0.1) is 0 Å². The first kappa shape index (κ1) is 9.92. The van der Waals surface area contributed by atoms with E-state index in [9.17, 15) is 15.3 Å². The molecule has 0 aliphatic carbocycles. The summed E-state index contributed by atoms with van der Waals surface area (Å²) in [6.07, 6.45) is -3.18. The van der Waals surface area contributed by atoms with E-state index >= 15 is 0 Å². The number of rotatable bonds is 1. The number of ether oxygens (including phenoxy) is 1. The average Bonchev–Trinajstić information content (AvgIpc) is 2.08. The van der Waals surface area contributed by atoms with Gasteiger partial charge in [0.15, 0.2) is 0 Å². The summed E-state index contributed by atoms with van der Waals surface area (Å²) in [4.78, 5) is 0. The van der Waals surface area contributed by atoms with Crippen LogP contribution >= 0.6 is 0 Å². The fraction of sp³-hybridized carbons (Fsp3) is 1.00. The van der Waals surface area contributed by atoms with E-state index in [1.165, 1.54) is 0 Å². The van der Waals surface area contributed by atoms with Crippen LogP contribution in [0.2, 0.25) is 0 Å². The van der Waals surface area contributed by atoms with Crippen molar-refractivity contribution in [1.82, 2.24) is 0 Å². The zero-order chi connectivity index (χ0) is 9.30. The van der Waals surface area contributed by atoms with E-state index in [4.69, 9.17) is 4.74 Å². The van der Waals surface area contributed by atoms with Crippen LogP contribution in [0.3, 0.4) is 0 Å². The Bertz CT molecular complexity index is 145. The molecule has 1 rings (SSSR count). The summed E-state index contributed by atoms with van der Waals surface area (Å²) in [7, 11) is 0.